The molecule has 4 aliphatic carbocycles. The first kappa shape index (κ1) is 21.8. The Morgan fingerprint density at radius 3 is 2.62 bits per heavy atom. The lowest BCUT2D eigenvalue weighted by molar-refractivity contribution is -0.126. The fraction of sp³-hybridized carbons (Fsp3) is 0.920. The van der Waals surface area contributed by atoms with Gasteiger partial charge in [-0.05, 0) is 97.7 Å². The number of allylic oxidation sites excluding steroid dienone is 1. The van der Waals surface area contributed by atoms with Gasteiger partial charge >= 0.3 is 0 Å². The zero-order valence-electron chi connectivity index (χ0n) is 18.6. The van der Waals surface area contributed by atoms with E-state index in [1.807, 2.05) is 0 Å². The summed E-state index contributed by atoms with van der Waals surface area (Å²) >= 11 is 0. The van der Waals surface area contributed by atoms with Gasteiger partial charge in [-0.1, -0.05) is 26.0 Å². The average Bonchev–Trinajstić information content (AvgIpc) is 3.00. The van der Waals surface area contributed by atoms with Crippen LogP contribution in [0.4, 0.5) is 0 Å². The van der Waals surface area contributed by atoms with Gasteiger partial charge in [0, 0.05) is 13.5 Å². The van der Waals surface area contributed by atoms with E-state index in [9.17, 15) is 15.3 Å². The van der Waals surface area contributed by atoms with Gasteiger partial charge < -0.3 is 20.1 Å². The Bertz CT molecular complexity index is 620. The standard InChI is InChI=1S/C25H42O4/c1-15-6-5-7-17-8-9-18-19(25(15,17)3)10-11-24(2)20(21(27)14-26)12-16(23(18)24)13-22(28)29-4/h16-23,26-28H,1,5-14H2,2-4H3/t16?,17?,18-,19-,20?,21?,22?,23+,24-,25+/m1/s1. The first-order chi connectivity index (χ1) is 13.8. The molecular formula is C25H42O4. The van der Waals surface area contributed by atoms with Crippen LogP contribution in [0, 0.1) is 46.3 Å². The minimum absolute atomic E-state index is 0.0284. The SMILES string of the molecule is C=C1CCCC2CC[C@@H]3[C@@H](CC[C@]4(C)C(C(O)CO)CC(CC(O)OC)[C@@H]34)[C@@]12C. The van der Waals surface area contributed by atoms with Gasteiger partial charge in [-0.3, -0.25) is 0 Å². The van der Waals surface area contributed by atoms with Crippen molar-refractivity contribution in [2.45, 2.75) is 84.0 Å². The predicted octanol–water partition coefficient (Wildman–Crippen LogP) is 4.14. The van der Waals surface area contributed by atoms with Gasteiger partial charge in [0.25, 0.3) is 0 Å². The molecule has 4 fully saturated rings. The van der Waals surface area contributed by atoms with E-state index in [2.05, 4.69) is 20.4 Å². The number of methoxy groups -OCH3 is 1. The van der Waals surface area contributed by atoms with E-state index in [0.717, 1.165) is 18.8 Å². The third-order valence-corrected chi connectivity index (χ3v) is 10.3. The van der Waals surface area contributed by atoms with Crippen molar-refractivity contribution in [2.75, 3.05) is 13.7 Å². The molecule has 4 saturated carbocycles. The van der Waals surface area contributed by atoms with Crippen molar-refractivity contribution in [1.82, 2.24) is 0 Å². The second-order valence-corrected chi connectivity index (χ2v) is 11.2. The molecule has 0 aliphatic heterocycles. The minimum atomic E-state index is -0.744. The summed E-state index contributed by atoms with van der Waals surface area (Å²) in [6, 6.07) is 0. The molecule has 0 heterocycles. The third kappa shape index (κ3) is 3.24. The van der Waals surface area contributed by atoms with Gasteiger partial charge in [-0.2, -0.15) is 0 Å². The second kappa shape index (κ2) is 7.93. The topological polar surface area (TPSA) is 69.9 Å². The van der Waals surface area contributed by atoms with Crippen LogP contribution in [-0.2, 0) is 4.74 Å². The third-order valence-electron chi connectivity index (χ3n) is 10.3. The van der Waals surface area contributed by atoms with Crippen molar-refractivity contribution in [2.24, 2.45) is 46.3 Å². The van der Waals surface area contributed by atoms with E-state index >= 15 is 0 Å². The lowest BCUT2D eigenvalue weighted by Crippen LogP contribution is -2.55. The predicted molar refractivity (Wildman–Crippen MR) is 114 cm³/mol. The van der Waals surface area contributed by atoms with Crippen LogP contribution in [0.2, 0.25) is 0 Å². The van der Waals surface area contributed by atoms with Crippen molar-refractivity contribution in [1.29, 1.82) is 0 Å². The van der Waals surface area contributed by atoms with Gasteiger partial charge in [-0.15, -0.1) is 0 Å². The van der Waals surface area contributed by atoms with Gasteiger partial charge in [0.05, 0.1) is 12.7 Å². The van der Waals surface area contributed by atoms with Crippen LogP contribution in [-0.4, -0.2) is 41.4 Å². The molecule has 10 atom stereocenters. The van der Waals surface area contributed by atoms with Crippen molar-refractivity contribution in [3.05, 3.63) is 12.2 Å². The Kier molecular flexibility index (Phi) is 5.96. The maximum Gasteiger partial charge on any atom is 0.154 e. The second-order valence-electron chi connectivity index (χ2n) is 11.2. The molecule has 166 valence electrons. The van der Waals surface area contributed by atoms with Crippen LogP contribution in [0.25, 0.3) is 0 Å². The number of aliphatic hydroxyl groups excluding tert-OH is 3. The van der Waals surface area contributed by atoms with E-state index in [4.69, 9.17) is 4.74 Å². The first-order valence-corrected chi connectivity index (χ1v) is 11.9. The molecule has 4 heteroatoms. The molecule has 0 spiro atoms. The van der Waals surface area contributed by atoms with Crippen molar-refractivity contribution in [3.63, 3.8) is 0 Å². The number of fused-ring (bicyclic) bond motifs is 5. The van der Waals surface area contributed by atoms with Crippen LogP contribution in [0.5, 0.6) is 0 Å². The number of hydrogen-bond acceptors (Lipinski definition) is 4. The highest BCUT2D eigenvalue weighted by molar-refractivity contribution is 5.21. The fourth-order valence-electron chi connectivity index (χ4n) is 8.92. The average molecular weight is 407 g/mol. The summed E-state index contributed by atoms with van der Waals surface area (Å²) in [4.78, 5) is 0. The first-order valence-electron chi connectivity index (χ1n) is 11.9. The number of ether oxygens (including phenoxy) is 1. The summed E-state index contributed by atoms with van der Waals surface area (Å²) in [5, 5.41) is 30.7. The molecule has 4 aliphatic rings. The summed E-state index contributed by atoms with van der Waals surface area (Å²) < 4.78 is 5.24. The summed E-state index contributed by atoms with van der Waals surface area (Å²) in [5.41, 5.74) is 1.76. The smallest absolute Gasteiger partial charge is 0.154 e. The molecule has 0 aromatic carbocycles. The molecule has 3 N–H and O–H groups in total. The largest absolute Gasteiger partial charge is 0.394 e. The van der Waals surface area contributed by atoms with Crippen molar-refractivity contribution in [3.8, 4) is 0 Å². The highest BCUT2D eigenvalue weighted by atomic mass is 16.6. The van der Waals surface area contributed by atoms with Crippen LogP contribution >= 0.6 is 0 Å². The Morgan fingerprint density at radius 1 is 1.17 bits per heavy atom. The quantitative estimate of drug-likeness (QED) is 0.474. The maximum absolute atomic E-state index is 10.7. The molecule has 0 aromatic rings. The van der Waals surface area contributed by atoms with Crippen molar-refractivity contribution >= 4 is 0 Å². The molecule has 0 radical (unpaired) electrons. The molecular weight excluding hydrogens is 364 g/mol. The molecule has 5 unspecified atom stereocenters. The fourth-order valence-corrected chi connectivity index (χ4v) is 8.92. The van der Waals surface area contributed by atoms with Gasteiger partial charge in [0.1, 0.15) is 0 Å². The van der Waals surface area contributed by atoms with Gasteiger partial charge in [0.15, 0.2) is 6.29 Å². The number of rotatable bonds is 5. The van der Waals surface area contributed by atoms with E-state index in [1.54, 1.807) is 7.11 Å². The Hall–Kier alpha value is -0.420. The van der Waals surface area contributed by atoms with Crippen LogP contribution in [0.15, 0.2) is 12.2 Å². The molecule has 0 aromatic heterocycles. The Balaban J connectivity index is 1.69. The lowest BCUT2D eigenvalue weighted by Gasteiger charge is -2.62. The van der Waals surface area contributed by atoms with E-state index in [-0.39, 0.29) is 23.4 Å². The van der Waals surface area contributed by atoms with Gasteiger partial charge in [0.2, 0.25) is 0 Å². The van der Waals surface area contributed by atoms with E-state index in [0.29, 0.717) is 30.1 Å². The zero-order chi connectivity index (χ0) is 21.0. The highest BCUT2D eigenvalue weighted by Crippen LogP contribution is 2.70. The summed E-state index contributed by atoms with van der Waals surface area (Å²) in [6.45, 7) is 9.27. The van der Waals surface area contributed by atoms with E-state index in [1.165, 1.54) is 44.1 Å². The van der Waals surface area contributed by atoms with Crippen LogP contribution in [0.3, 0.4) is 0 Å². The highest BCUT2D eigenvalue weighted by Gasteiger charge is 2.63. The molecule has 4 nitrogen and oxygen atoms in total. The monoisotopic (exact) mass is 406 g/mol. The minimum Gasteiger partial charge on any atom is -0.394 e. The van der Waals surface area contributed by atoms with E-state index < -0.39 is 12.4 Å². The molecule has 0 amide bonds. The normalized spacial score (nSPS) is 49.1. The number of hydrogen-bond donors (Lipinski definition) is 3. The molecule has 29 heavy (non-hydrogen) atoms. The van der Waals surface area contributed by atoms with Gasteiger partial charge in [-0.25, -0.2) is 0 Å². The summed E-state index contributed by atoms with van der Waals surface area (Å²) in [6.07, 6.45) is 8.79. The lowest BCUT2D eigenvalue weighted by atomic mass is 9.43. The van der Waals surface area contributed by atoms with Crippen LogP contribution < -0.4 is 0 Å². The molecule has 0 bridgehead atoms. The van der Waals surface area contributed by atoms with Crippen molar-refractivity contribution < 1.29 is 20.1 Å². The van der Waals surface area contributed by atoms with Crippen LogP contribution in [0.1, 0.15) is 71.6 Å². The number of aliphatic hydroxyl groups is 3. The summed E-state index contributed by atoms with van der Waals surface area (Å²) in [5.74, 6) is 2.98. The Morgan fingerprint density at radius 2 is 1.93 bits per heavy atom. The maximum atomic E-state index is 10.7. The Labute approximate surface area is 176 Å². The molecule has 0 saturated heterocycles. The summed E-state index contributed by atoms with van der Waals surface area (Å²) in [7, 11) is 1.57. The zero-order valence-corrected chi connectivity index (χ0v) is 18.6. The molecule has 4 rings (SSSR count).